The Morgan fingerprint density at radius 3 is 2.52 bits per heavy atom. The molecule has 0 heterocycles. The number of hydrazone groups is 1. The van der Waals surface area contributed by atoms with E-state index in [0.29, 0.717) is 11.3 Å². The largest absolute Gasteiger partial charge is 0.508 e. The minimum Gasteiger partial charge on any atom is -0.508 e. The SMILES string of the molecule is Cc1ccccc1NC(=O)CCC(=O)N/N=C/c1ccc(O)cc1O. The van der Waals surface area contributed by atoms with Crippen LogP contribution in [0, 0.1) is 6.92 Å². The van der Waals surface area contributed by atoms with Gasteiger partial charge in [0.2, 0.25) is 11.8 Å². The molecule has 7 nitrogen and oxygen atoms in total. The van der Waals surface area contributed by atoms with Gasteiger partial charge in [0.15, 0.2) is 0 Å². The summed E-state index contributed by atoms with van der Waals surface area (Å²) >= 11 is 0. The molecule has 0 aliphatic carbocycles. The molecule has 2 aromatic rings. The first-order chi connectivity index (χ1) is 12.0. The Hall–Kier alpha value is -3.35. The molecule has 0 aliphatic heterocycles. The minimum atomic E-state index is -0.422. The molecule has 2 rings (SSSR count). The van der Waals surface area contributed by atoms with Gasteiger partial charge in [0.25, 0.3) is 0 Å². The fourth-order valence-corrected chi connectivity index (χ4v) is 2.02. The highest BCUT2D eigenvalue weighted by molar-refractivity contribution is 5.94. The van der Waals surface area contributed by atoms with Gasteiger partial charge in [-0.2, -0.15) is 5.10 Å². The third kappa shape index (κ3) is 5.65. The van der Waals surface area contributed by atoms with E-state index in [-0.39, 0.29) is 30.2 Å². The van der Waals surface area contributed by atoms with E-state index >= 15 is 0 Å². The average Bonchev–Trinajstić information content (AvgIpc) is 2.57. The first-order valence-electron chi connectivity index (χ1n) is 7.65. The molecule has 2 aromatic carbocycles. The zero-order valence-electron chi connectivity index (χ0n) is 13.7. The monoisotopic (exact) mass is 341 g/mol. The fraction of sp³-hybridized carbons (Fsp3) is 0.167. The first kappa shape index (κ1) is 18.0. The van der Waals surface area contributed by atoms with E-state index in [1.807, 2.05) is 25.1 Å². The first-order valence-corrected chi connectivity index (χ1v) is 7.65. The van der Waals surface area contributed by atoms with Gasteiger partial charge < -0.3 is 15.5 Å². The van der Waals surface area contributed by atoms with Crippen molar-refractivity contribution in [2.45, 2.75) is 19.8 Å². The molecule has 0 bridgehead atoms. The van der Waals surface area contributed by atoms with Crippen LogP contribution in [0.5, 0.6) is 11.5 Å². The molecule has 0 saturated heterocycles. The van der Waals surface area contributed by atoms with Crippen LogP contribution in [-0.2, 0) is 9.59 Å². The summed E-state index contributed by atoms with van der Waals surface area (Å²) in [6.07, 6.45) is 1.26. The molecule has 0 aliphatic rings. The molecule has 0 atom stereocenters. The van der Waals surface area contributed by atoms with Crippen molar-refractivity contribution in [1.29, 1.82) is 0 Å². The third-order valence-corrected chi connectivity index (χ3v) is 3.41. The van der Waals surface area contributed by atoms with Gasteiger partial charge in [-0.05, 0) is 30.7 Å². The maximum atomic E-state index is 11.9. The van der Waals surface area contributed by atoms with Crippen molar-refractivity contribution in [3.8, 4) is 11.5 Å². The Kier molecular flexibility index (Phi) is 6.11. The molecule has 0 radical (unpaired) electrons. The number of hydrogen-bond acceptors (Lipinski definition) is 5. The molecule has 0 aromatic heterocycles. The number of nitrogens with one attached hydrogen (secondary N) is 2. The second kappa shape index (κ2) is 8.49. The van der Waals surface area contributed by atoms with Gasteiger partial charge in [0, 0.05) is 30.2 Å². The standard InChI is InChI=1S/C18H19N3O4/c1-12-4-2-3-5-15(12)20-17(24)8-9-18(25)21-19-11-13-6-7-14(22)10-16(13)23/h2-7,10-11,22-23H,8-9H2,1H3,(H,20,24)(H,21,25)/b19-11+. The number of benzene rings is 2. The summed E-state index contributed by atoms with van der Waals surface area (Å²) in [5.41, 5.74) is 4.28. The number of aromatic hydroxyl groups is 2. The van der Waals surface area contributed by atoms with Crippen LogP contribution in [0.3, 0.4) is 0 Å². The molecule has 0 spiro atoms. The Morgan fingerprint density at radius 2 is 1.80 bits per heavy atom. The summed E-state index contributed by atoms with van der Waals surface area (Å²) in [6, 6.07) is 11.4. The predicted molar refractivity (Wildman–Crippen MR) is 94.6 cm³/mol. The van der Waals surface area contributed by atoms with Crippen LogP contribution in [0.1, 0.15) is 24.0 Å². The van der Waals surface area contributed by atoms with Crippen LogP contribution in [0.4, 0.5) is 5.69 Å². The van der Waals surface area contributed by atoms with Crippen molar-refractivity contribution >= 4 is 23.7 Å². The fourth-order valence-electron chi connectivity index (χ4n) is 2.02. The Balaban J connectivity index is 1.77. The Bertz CT molecular complexity index is 803. The summed E-state index contributed by atoms with van der Waals surface area (Å²) in [4.78, 5) is 23.5. The molecule has 2 amide bonds. The van der Waals surface area contributed by atoms with E-state index in [4.69, 9.17) is 0 Å². The number of carbonyl (C=O) groups excluding carboxylic acids is 2. The number of anilines is 1. The zero-order valence-corrected chi connectivity index (χ0v) is 13.7. The smallest absolute Gasteiger partial charge is 0.240 e. The number of para-hydroxylation sites is 1. The number of nitrogens with zero attached hydrogens (tertiary/aromatic N) is 1. The van der Waals surface area contributed by atoms with Gasteiger partial charge in [0.05, 0.1) is 6.21 Å². The number of hydrogen-bond donors (Lipinski definition) is 4. The average molecular weight is 341 g/mol. The summed E-state index contributed by atoms with van der Waals surface area (Å²) in [5, 5.41) is 25.2. The third-order valence-electron chi connectivity index (χ3n) is 3.41. The highest BCUT2D eigenvalue weighted by Crippen LogP contribution is 2.20. The molecule has 130 valence electrons. The number of carbonyl (C=O) groups is 2. The van der Waals surface area contributed by atoms with Crippen LogP contribution >= 0.6 is 0 Å². The van der Waals surface area contributed by atoms with E-state index in [2.05, 4.69) is 15.8 Å². The van der Waals surface area contributed by atoms with Crippen molar-refractivity contribution in [1.82, 2.24) is 5.43 Å². The second-order valence-electron chi connectivity index (χ2n) is 5.40. The molecule has 0 unspecified atom stereocenters. The van der Waals surface area contributed by atoms with E-state index in [9.17, 15) is 19.8 Å². The van der Waals surface area contributed by atoms with Crippen LogP contribution in [-0.4, -0.2) is 28.2 Å². The molecule has 0 fully saturated rings. The highest BCUT2D eigenvalue weighted by atomic mass is 16.3. The zero-order chi connectivity index (χ0) is 18.2. The number of phenolic OH excluding ortho intramolecular Hbond substituents is 2. The normalized spacial score (nSPS) is 10.6. The van der Waals surface area contributed by atoms with Crippen LogP contribution < -0.4 is 10.7 Å². The quantitative estimate of drug-likeness (QED) is 0.477. The van der Waals surface area contributed by atoms with E-state index in [1.54, 1.807) is 6.07 Å². The molecular weight excluding hydrogens is 322 g/mol. The van der Waals surface area contributed by atoms with Crippen molar-refractivity contribution < 1.29 is 19.8 Å². The van der Waals surface area contributed by atoms with Crippen molar-refractivity contribution in [3.05, 3.63) is 53.6 Å². The molecule has 25 heavy (non-hydrogen) atoms. The van der Waals surface area contributed by atoms with E-state index in [0.717, 1.165) is 5.56 Å². The highest BCUT2D eigenvalue weighted by Gasteiger charge is 2.08. The van der Waals surface area contributed by atoms with Crippen molar-refractivity contribution in [3.63, 3.8) is 0 Å². The maximum absolute atomic E-state index is 11.9. The molecule has 7 heteroatoms. The summed E-state index contributed by atoms with van der Waals surface area (Å²) in [7, 11) is 0. The Morgan fingerprint density at radius 1 is 1.08 bits per heavy atom. The Labute approximate surface area is 145 Å². The minimum absolute atomic E-state index is 0.0172. The van der Waals surface area contributed by atoms with Crippen LogP contribution in [0.2, 0.25) is 0 Å². The number of aryl methyl sites for hydroxylation is 1. The van der Waals surface area contributed by atoms with Crippen molar-refractivity contribution in [2.24, 2.45) is 5.10 Å². The van der Waals surface area contributed by atoms with E-state index in [1.165, 1.54) is 24.4 Å². The molecular formula is C18H19N3O4. The lowest BCUT2D eigenvalue weighted by Gasteiger charge is -2.07. The number of phenols is 2. The summed E-state index contributed by atoms with van der Waals surface area (Å²) in [6.45, 7) is 1.88. The molecule has 4 N–H and O–H groups in total. The van der Waals surface area contributed by atoms with Gasteiger partial charge >= 0.3 is 0 Å². The topological polar surface area (TPSA) is 111 Å². The van der Waals surface area contributed by atoms with Gasteiger partial charge in [-0.15, -0.1) is 0 Å². The predicted octanol–water partition coefficient (Wildman–Crippen LogP) is 2.28. The molecule has 0 saturated carbocycles. The van der Waals surface area contributed by atoms with Crippen LogP contribution in [0.25, 0.3) is 0 Å². The number of rotatable bonds is 6. The lowest BCUT2D eigenvalue weighted by molar-refractivity contribution is -0.124. The van der Waals surface area contributed by atoms with Gasteiger partial charge in [-0.3, -0.25) is 9.59 Å². The van der Waals surface area contributed by atoms with Crippen molar-refractivity contribution in [2.75, 3.05) is 5.32 Å². The van der Waals surface area contributed by atoms with Gasteiger partial charge in [0.1, 0.15) is 11.5 Å². The lowest BCUT2D eigenvalue weighted by Crippen LogP contribution is -2.20. The lowest BCUT2D eigenvalue weighted by atomic mass is 10.2. The maximum Gasteiger partial charge on any atom is 0.240 e. The van der Waals surface area contributed by atoms with Gasteiger partial charge in [-0.1, -0.05) is 18.2 Å². The summed E-state index contributed by atoms with van der Waals surface area (Å²) in [5.74, 6) is -0.909. The summed E-state index contributed by atoms with van der Waals surface area (Å²) < 4.78 is 0. The number of amides is 2. The van der Waals surface area contributed by atoms with E-state index < -0.39 is 5.91 Å². The van der Waals surface area contributed by atoms with Crippen LogP contribution in [0.15, 0.2) is 47.6 Å². The second-order valence-corrected chi connectivity index (χ2v) is 5.40. The van der Waals surface area contributed by atoms with Gasteiger partial charge in [-0.25, -0.2) is 5.43 Å².